The standard InChI is InChI=1S/C13H11ClN2O/c14-10-4-2-1-3-9(10)7-11-13(17)16-12(15-11)8-5-6-8/h1-4,7-8H,5-6H2,(H,15,16,17)/b11-7-. The van der Waals surface area contributed by atoms with Crippen LogP contribution in [0.15, 0.2) is 35.0 Å². The van der Waals surface area contributed by atoms with Crippen LogP contribution in [0.2, 0.25) is 5.02 Å². The van der Waals surface area contributed by atoms with Crippen LogP contribution in [0.3, 0.4) is 0 Å². The van der Waals surface area contributed by atoms with Crippen molar-refractivity contribution in [2.24, 2.45) is 10.9 Å². The molecular weight excluding hydrogens is 236 g/mol. The maximum Gasteiger partial charge on any atom is 0.275 e. The molecule has 3 rings (SSSR count). The van der Waals surface area contributed by atoms with E-state index in [1.54, 1.807) is 12.1 Å². The van der Waals surface area contributed by atoms with Crippen molar-refractivity contribution < 1.29 is 4.79 Å². The molecule has 0 aromatic heterocycles. The van der Waals surface area contributed by atoms with Gasteiger partial charge >= 0.3 is 0 Å². The SMILES string of the molecule is O=C1NC(C2CC2)=N/C1=C\c1ccccc1Cl. The minimum Gasteiger partial charge on any atom is -0.308 e. The van der Waals surface area contributed by atoms with Crippen LogP contribution in [0, 0.1) is 5.92 Å². The van der Waals surface area contributed by atoms with Gasteiger partial charge < -0.3 is 5.32 Å². The van der Waals surface area contributed by atoms with E-state index in [9.17, 15) is 4.79 Å². The van der Waals surface area contributed by atoms with E-state index >= 15 is 0 Å². The Morgan fingerprint density at radius 2 is 2.12 bits per heavy atom. The summed E-state index contributed by atoms with van der Waals surface area (Å²) in [6.07, 6.45) is 3.98. The highest BCUT2D eigenvalue weighted by Gasteiger charge is 2.33. The Labute approximate surface area is 104 Å². The number of halogens is 1. The fourth-order valence-corrected chi connectivity index (χ4v) is 1.97. The molecule has 2 aliphatic rings. The number of hydrogen-bond acceptors (Lipinski definition) is 2. The predicted octanol–water partition coefficient (Wildman–Crippen LogP) is 2.62. The highest BCUT2D eigenvalue weighted by atomic mass is 35.5. The molecule has 4 heteroatoms. The Bertz CT molecular complexity index is 544. The number of aliphatic imine (C=N–C) groups is 1. The van der Waals surface area contributed by atoms with Gasteiger partial charge in [-0.15, -0.1) is 0 Å². The normalized spacial score (nSPS) is 21.6. The third kappa shape index (κ3) is 2.11. The van der Waals surface area contributed by atoms with Crippen molar-refractivity contribution in [2.45, 2.75) is 12.8 Å². The first kappa shape index (κ1) is 10.5. The van der Waals surface area contributed by atoms with E-state index < -0.39 is 0 Å². The molecule has 1 aromatic carbocycles. The molecule has 1 aliphatic heterocycles. The van der Waals surface area contributed by atoms with Crippen LogP contribution in [0.1, 0.15) is 18.4 Å². The van der Waals surface area contributed by atoms with Gasteiger partial charge in [0, 0.05) is 10.9 Å². The van der Waals surface area contributed by atoms with Crippen LogP contribution in [0.25, 0.3) is 6.08 Å². The van der Waals surface area contributed by atoms with E-state index in [0.29, 0.717) is 16.6 Å². The van der Waals surface area contributed by atoms with E-state index in [2.05, 4.69) is 10.3 Å². The topological polar surface area (TPSA) is 41.5 Å². The highest BCUT2D eigenvalue weighted by molar-refractivity contribution is 6.32. The molecule has 3 nitrogen and oxygen atoms in total. The molecule has 1 amide bonds. The fraction of sp³-hybridized carbons (Fsp3) is 0.231. The maximum atomic E-state index is 11.7. The average molecular weight is 247 g/mol. The summed E-state index contributed by atoms with van der Waals surface area (Å²) in [6, 6.07) is 7.41. The molecule has 0 bridgehead atoms. The first-order chi connectivity index (χ1) is 8.24. The van der Waals surface area contributed by atoms with Gasteiger partial charge in [-0.3, -0.25) is 4.79 Å². The summed E-state index contributed by atoms with van der Waals surface area (Å²) in [5.74, 6) is 1.14. The van der Waals surface area contributed by atoms with Crippen LogP contribution in [-0.2, 0) is 4.79 Å². The Morgan fingerprint density at radius 1 is 1.35 bits per heavy atom. The summed E-state index contributed by atoms with van der Waals surface area (Å²) in [5.41, 5.74) is 1.26. The van der Waals surface area contributed by atoms with Crippen LogP contribution in [-0.4, -0.2) is 11.7 Å². The molecule has 86 valence electrons. The molecule has 0 atom stereocenters. The summed E-state index contributed by atoms with van der Waals surface area (Å²) in [4.78, 5) is 16.0. The van der Waals surface area contributed by atoms with Crippen LogP contribution in [0.5, 0.6) is 0 Å². The average Bonchev–Trinajstić information content (AvgIpc) is 3.09. The Kier molecular flexibility index (Phi) is 2.48. The minimum absolute atomic E-state index is 0.133. The first-order valence-electron chi connectivity index (χ1n) is 5.60. The molecular formula is C13H11ClN2O. The third-order valence-corrected chi connectivity index (χ3v) is 3.22. The van der Waals surface area contributed by atoms with Crippen LogP contribution in [0.4, 0.5) is 0 Å². The summed E-state index contributed by atoms with van der Waals surface area (Å²) < 4.78 is 0. The summed E-state index contributed by atoms with van der Waals surface area (Å²) in [7, 11) is 0. The van der Waals surface area contributed by atoms with Gasteiger partial charge in [0.05, 0.1) is 0 Å². The van der Waals surface area contributed by atoms with E-state index in [1.807, 2.05) is 18.2 Å². The summed E-state index contributed by atoms with van der Waals surface area (Å²) in [5, 5.41) is 3.43. The lowest BCUT2D eigenvalue weighted by molar-refractivity contribution is -0.115. The number of hydrogen-bond donors (Lipinski definition) is 1. The van der Waals surface area contributed by atoms with Gasteiger partial charge in [-0.05, 0) is 30.5 Å². The van der Waals surface area contributed by atoms with Crippen LogP contribution < -0.4 is 5.32 Å². The zero-order chi connectivity index (χ0) is 11.8. The molecule has 0 radical (unpaired) electrons. The van der Waals surface area contributed by atoms with Gasteiger partial charge in [-0.25, -0.2) is 4.99 Å². The van der Waals surface area contributed by atoms with Gasteiger partial charge in [0.15, 0.2) is 0 Å². The molecule has 0 unspecified atom stereocenters. The molecule has 1 heterocycles. The fourth-order valence-electron chi connectivity index (χ4n) is 1.78. The number of nitrogens with one attached hydrogen (secondary N) is 1. The van der Waals surface area contributed by atoms with Gasteiger partial charge in [-0.2, -0.15) is 0 Å². The highest BCUT2D eigenvalue weighted by Crippen LogP contribution is 2.32. The molecule has 1 N–H and O–H groups in total. The molecule has 1 fully saturated rings. The third-order valence-electron chi connectivity index (χ3n) is 2.88. The quantitative estimate of drug-likeness (QED) is 0.801. The van der Waals surface area contributed by atoms with Crippen molar-refractivity contribution in [1.82, 2.24) is 5.32 Å². The zero-order valence-electron chi connectivity index (χ0n) is 9.11. The van der Waals surface area contributed by atoms with E-state index in [4.69, 9.17) is 11.6 Å². The predicted molar refractivity (Wildman–Crippen MR) is 67.7 cm³/mol. The van der Waals surface area contributed by atoms with Crippen molar-refractivity contribution in [2.75, 3.05) is 0 Å². The second-order valence-corrected chi connectivity index (χ2v) is 4.68. The zero-order valence-corrected chi connectivity index (χ0v) is 9.87. The van der Waals surface area contributed by atoms with Gasteiger partial charge in [-0.1, -0.05) is 29.8 Å². The molecule has 17 heavy (non-hydrogen) atoms. The minimum atomic E-state index is -0.133. The molecule has 0 saturated heterocycles. The summed E-state index contributed by atoms with van der Waals surface area (Å²) >= 11 is 6.04. The smallest absolute Gasteiger partial charge is 0.275 e. The molecule has 1 aromatic rings. The van der Waals surface area contributed by atoms with Gasteiger partial charge in [0.25, 0.3) is 5.91 Å². The van der Waals surface area contributed by atoms with Gasteiger partial charge in [0.1, 0.15) is 11.5 Å². The maximum absolute atomic E-state index is 11.7. The van der Waals surface area contributed by atoms with E-state index in [0.717, 1.165) is 24.2 Å². The van der Waals surface area contributed by atoms with Crippen molar-refractivity contribution in [1.29, 1.82) is 0 Å². The second-order valence-electron chi connectivity index (χ2n) is 4.28. The number of carbonyl (C=O) groups is 1. The lowest BCUT2D eigenvalue weighted by atomic mass is 10.2. The van der Waals surface area contributed by atoms with Crippen molar-refractivity contribution in [3.8, 4) is 0 Å². The van der Waals surface area contributed by atoms with Crippen molar-refractivity contribution in [3.05, 3.63) is 40.5 Å². The number of carbonyl (C=O) groups excluding carboxylic acids is 1. The van der Waals surface area contributed by atoms with Gasteiger partial charge in [0.2, 0.25) is 0 Å². The molecule has 1 saturated carbocycles. The Hall–Kier alpha value is -1.61. The van der Waals surface area contributed by atoms with Crippen molar-refractivity contribution in [3.63, 3.8) is 0 Å². The lowest BCUT2D eigenvalue weighted by Crippen LogP contribution is -2.25. The number of amidine groups is 1. The number of nitrogens with zero attached hydrogens (tertiary/aromatic N) is 1. The van der Waals surface area contributed by atoms with Crippen molar-refractivity contribution >= 4 is 29.4 Å². The summed E-state index contributed by atoms with van der Waals surface area (Å²) in [6.45, 7) is 0. The monoisotopic (exact) mass is 246 g/mol. The number of rotatable bonds is 2. The number of amides is 1. The largest absolute Gasteiger partial charge is 0.308 e. The van der Waals surface area contributed by atoms with E-state index in [1.165, 1.54) is 0 Å². The molecule has 0 spiro atoms. The first-order valence-corrected chi connectivity index (χ1v) is 5.98. The number of benzene rings is 1. The molecule has 1 aliphatic carbocycles. The lowest BCUT2D eigenvalue weighted by Gasteiger charge is -1.97. The van der Waals surface area contributed by atoms with Crippen LogP contribution >= 0.6 is 11.6 Å². The second kappa shape index (κ2) is 4.00. The van der Waals surface area contributed by atoms with E-state index in [-0.39, 0.29) is 5.91 Å². The Balaban J connectivity index is 1.93. The Morgan fingerprint density at radius 3 is 2.82 bits per heavy atom.